The van der Waals surface area contributed by atoms with Gasteiger partial charge in [-0.1, -0.05) is 20.8 Å². The van der Waals surface area contributed by atoms with E-state index in [1.165, 1.54) is 19.3 Å². The number of aliphatic hydroxyl groups is 1. The fourth-order valence-corrected chi connectivity index (χ4v) is 4.74. The highest BCUT2D eigenvalue weighted by atomic mass is 16.5. The van der Waals surface area contributed by atoms with Gasteiger partial charge >= 0.3 is 0 Å². The average Bonchev–Trinajstić information content (AvgIpc) is 2.79. The zero-order valence-corrected chi connectivity index (χ0v) is 13.8. The van der Waals surface area contributed by atoms with Gasteiger partial charge in [-0.15, -0.1) is 0 Å². The second-order valence-electron chi connectivity index (χ2n) is 8.00. The second-order valence-corrected chi connectivity index (χ2v) is 8.00. The summed E-state index contributed by atoms with van der Waals surface area (Å²) in [4.78, 5) is 2.27. The van der Waals surface area contributed by atoms with Crippen molar-refractivity contribution in [1.82, 2.24) is 4.90 Å². The fraction of sp³-hybridized carbons (Fsp3) is 1.00. The maximum Gasteiger partial charge on any atom is 0.0900 e. The lowest BCUT2D eigenvalue weighted by atomic mass is 9.70. The Hall–Kier alpha value is -0.160. The minimum Gasteiger partial charge on any atom is -0.389 e. The summed E-state index contributed by atoms with van der Waals surface area (Å²) in [5, 5.41) is 10.2. The lowest BCUT2D eigenvalue weighted by Crippen LogP contribution is -2.43. The number of aliphatic hydroxyl groups excluding tert-OH is 1. The van der Waals surface area contributed by atoms with Gasteiger partial charge in [-0.2, -0.15) is 0 Å². The SMILES string of the molecule is CC1(C)C2CCC1(C)C(OCC(O)CN1CCOCC1)C2. The standard InChI is InChI=1S/C17H31NO3/c1-16(2)13-4-5-17(16,3)15(10-13)21-12-14(19)11-18-6-8-20-9-7-18/h13-15,19H,4-12H2,1-3H3. The van der Waals surface area contributed by atoms with Crippen LogP contribution in [0, 0.1) is 16.7 Å². The molecule has 0 aromatic carbocycles. The van der Waals surface area contributed by atoms with Crippen LogP contribution in [0.1, 0.15) is 40.0 Å². The third kappa shape index (κ3) is 2.76. The van der Waals surface area contributed by atoms with Gasteiger partial charge in [0.25, 0.3) is 0 Å². The number of ether oxygens (including phenoxy) is 2. The van der Waals surface area contributed by atoms with Crippen LogP contribution in [0.5, 0.6) is 0 Å². The Balaban J connectivity index is 1.47. The van der Waals surface area contributed by atoms with Gasteiger partial charge in [-0.3, -0.25) is 4.90 Å². The van der Waals surface area contributed by atoms with E-state index in [2.05, 4.69) is 25.7 Å². The molecule has 4 heteroatoms. The Bertz CT molecular complexity index is 367. The fourth-order valence-electron chi connectivity index (χ4n) is 4.74. The molecule has 21 heavy (non-hydrogen) atoms. The molecule has 4 nitrogen and oxygen atoms in total. The first-order chi connectivity index (χ1) is 9.93. The molecule has 3 fully saturated rings. The van der Waals surface area contributed by atoms with E-state index in [4.69, 9.17) is 9.47 Å². The van der Waals surface area contributed by atoms with E-state index in [0.717, 1.165) is 32.2 Å². The van der Waals surface area contributed by atoms with Crippen LogP contribution < -0.4 is 0 Å². The molecule has 4 unspecified atom stereocenters. The van der Waals surface area contributed by atoms with Crippen molar-refractivity contribution in [3.63, 3.8) is 0 Å². The highest BCUT2D eigenvalue weighted by molar-refractivity contribution is 5.11. The molecule has 122 valence electrons. The van der Waals surface area contributed by atoms with Crippen molar-refractivity contribution in [1.29, 1.82) is 0 Å². The Morgan fingerprint density at radius 3 is 2.57 bits per heavy atom. The minimum atomic E-state index is -0.381. The van der Waals surface area contributed by atoms with Crippen molar-refractivity contribution in [3.8, 4) is 0 Å². The average molecular weight is 297 g/mol. The molecule has 0 radical (unpaired) electrons. The molecule has 3 aliphatic rings. The molecule has 3 rings (SSSR count). The summed E-state index contributed by atoms with van der Waals surface area (Å²) in [6.07, 6.45) is 3.74. The van der Waals surface area contributed by atoms with E-state index in [9.17, 15) is 5.11 Å². The molecular weight excluding hydrogens is 266 g/mol. The van der Waals surface area contributed by atoms with Crippen molar-refractivity contribution in [2.24, 2.45) is 16.7 Å². The molecule has 0 amide bonds. The van der Waals surface area contributed by atoms with Gasteiger partial charge in [-0.05, 0) is 36.0 Å². The van der Waals surface area contributed by atoms with Crippen molar-refractivity contribution in [3.05, 3.63) is 0 Å². The quantitative estimate of drug-likeness (QED) is 0.842. The zero-order valence-electron chi connectivity index (χ0n) is 13.8. The van der Waals surface area contributed by atoms with Gasteiger partial charge in [0.15, 0.2) is 0 Å². The van der Waals surface area contributed by atoms with Crippen molar-refractivity contribution in [2.75, 3.05) is 39.5 Å². The molecule has 1 heterocycles. The molecule has 0 spiro atoms. The number of morpholine rings is 1. The maximum absolute atomic E-state index is 10.2. The predicted octanol–water partition coefficient (Wildman–Crippen LogP) is 1.91. The maximum atomic E-state index is 10.2. The van der Waals surface area contributed by atoms with Crippen LogP contribution in [-0.2, 0) is 9.47 Å². The van der Waals surface area contributed by atoms with Crippen molar-refractivity contribution >= 4 is 0 Å². The first-order valence-electron chi connectivity index (χ1n) is 8.53. The summed E-state index contributed by atoms with van der Waals surface area (Å²) in [7, 11) is 0. The van der Waals surface area contributed by atoms with Gasteiger partial charge in [-0.25, -0.2) is 0 Å². The summed E-state index contributed by atoms with van der Waals surface area (Å²) in [5.74, 6) is 0.795. The van der Waals surface area contributed by atoms with Gasteiger partial charge in [0.05, 0.1) is 32.0 Å². The predicted molar refractivity (Wildman–Crippen MR) is 82.2 cm³/mol. The van der Waals surface area contributed by atoms with Gasteiger partial charge in [0.2, 0.25) is 0 Å². The molecule has 4 atom stereocenters. The molecular formula is C17H31NO3. The molecule has 1 aliphatic heterocycles. The normalized spacial score (nSPS) is 40.6. The molecule has 0 aromatic heterocycles. The first-order valence-corrected chi connectivity index (χ1v) is 8.53. The molecule has 0 aromatic rings. The second kappa shape index (κ2) is 5.80. The van der Waals surface area contributed by atoms with Crippen LogP contribution in [0.2, 0.25) is 0 Å². The highest BCUT2D eigenvalue weighted by Gasteiger charge is 2.61. The number of nitrogens with zero attached hydrogens (tertiary/aromatic N) is 1. The van der Waals surface area contributed by atoms with Gasteiger partial charge < -0.3 is 14.6 Å². The number of fused-ring (bicyclic) bond motifs is 2. The van der Waals surface area contributed by atoms with E-state index in [1.54, 1.807) is 0 Å². The van der Waals surface area contributed by atoms with Crippen LogP contribution in [0.3, 0.4) is 0 Å². The smallest absolute Gasteiger partial charge is 0.0900 e. The number of β-amino-alcohol motifs (C(OH)–C–C–N with tert-alkyl or cyclic N) is 1. The van der Waals surface area contributed by atoms with Crippen molar-refractivity contribution in [2.45, 2.75) is 52.2 Å². The van der Waals surface area contributed by atoms with Crippen LogP contribution >= 0.6 is 0 Å². The number of hydrogen-bond donors (Lipinski definition) is 1. The minimum absolute atomic E-state index is 0.288. The molecule has 2 bridgehead atoms. The molecule has 2 aliphatic carbocycles. The third-order valence-electron chi connectivity index (χ3n) is 6.78. The third-order valence-corrected chi connectivity index (χ3v) is 6.78. The largest absolute Gasteiger partial charge is 0.389 e. The topological polar surface area (TPSA) is 41.9 Å². The first kappa shape index (κ1) is 15.7. The van der Waals surface area contributed by atoms with E-state index in [1.807, 2.05) is 0 Å². The Morgan fingerprint density at radius 2 is 2.00 bits per heavy atom. The van der Waals surface area contributed by atoms with Crippen LogP contribution in [0.15, 0.2) is 0 Å². The van der Waals surface area contributed by atoms with E-state index < -0.39 is 0 Å². The lowest BCUT2D eigenvalue weighted by Gasteiger charge is -2.39. The molecule has 2 saturated carbocycles. The number of hydrogen-bond acceptors (Lipinski definition) is 4. The van der Waals surface area contributed by atoms with Crippen molar-refractivity contribution < 1.29 is 14.6 Å². The number of rotatable bonds is 5. The Kier molecular flexibility index (Phi) is 4.34. The summed E-state index contributed by atoms with van der Waals surface area (Å²) in [5.41, 5.74) is 0.670. The van der Waals surface area contributed by atoms with E-state index in [0.29, 0.717) is 24.7 Å². The summed E-state index contributed by atoms with van der Waals surface area (Å²) >= 11 is 0. The monoisotopic (exact) mass is 297 g/mol. The lowest BCUT2D eigenvalue weighted by molar-refractivity contribution is -0.0831. The highest BCUT2D eigenvalue weighted by Crippen LogP contribution is 2.66. The summed E-state index contributed by atoms with van der Waals surface area (Å²) < 4.78 is 11.5. The Morgan fingerprint density at radius 1 is 1.29 bits per heavy atom. The van der Waals surface area contributed by atoms with E-state index >= 15 is 0 Å². The van der Waals surface area contributed by atoms with E-state index in [-0.39, 0.29) is 11.5 Å². The summed E-state index contributed by atoms with van der Waals surface area (Å²) in [6, 6.07) is 0. The zero-order chi connectivity index (χ0) is 15.1. The Labute approximate surface area is 128 Å². The summed E-state index contributed by atoms with van der Waals surface area (Å²) in [6.45, 7) is 11.8. The van der Waals surface area contributed by atoms with Crippen LogP contribution in [0.25, 0.3) is 0 Å². The van der Waals surface area contributed by atoms with Crippen LogP contribution in [-0.4, -0.2) is 61.7 Å². The molecule has 1 N–H and O–H groups in total. The van der Waals surface area contributed by atoms with Crippen LogP contribution in [0.4, 0.5) is 0 Å². The van der Waals surface area contributed by atoms with Gasteiger partial charge in [0, 0.05) is 19.6 Å². The van der Waals surface area contributed by atoms with Gasteiger partial charge in [0.1, 0.15) is 0 Å². The molecule has 1 saturated heterocycles.